The molecule has 0 aliphatic carbocycles. The van der Waals surface area contributed by atoms with E-state index in [9.17, 15) is 4.79 Å². The molecule has 84 valence electrons. The van der Waals surface area contributed by atoms with Gasteiger partial charge in [0.2, 0.25) is 0 Å². The first-order valence-electron chi connectivity index (χ1n) is 4.92. The Morgan fingerprint density at radius 2 is 2.40 bits per heavy atom. The van der Waals surface area contributed by atoms with Gasteiger partial charge in [-0.05, 0) is 13.3 Å². The average molecular weight is 228 g/mol. The van der Waals surface area contributed by atoms with Gasteiger partial charge in [0.1, 0.15) is 4.88 Å². The van der Waals surface area contributed by atoms with Gasteiger partial charge in [0, 0.05) is 13.6 Å². The van der Waals surface area contributed by atoms with Crippen molar-refractivity contribution in [2.45, 2.75) is 26.4 Å². The third-order valence-electron chi connectivity index (χ3n) is 1.95. The summed E-state index contributed by atoms with van der Waals surface area (Å²) in [6.07, 6.45) is 1.94. The lowest BCUT2D eigenvalue weighted by atomic mass is 10.3. The molecule has 0 aromatic carbocycles. The first kappa shape index (κ1) is 12.1. The van der Waals surface area contributed by atoms with E-state index in [1.807, 2.05) is 6.92 Å². The maximum atomic E-state index is 11.8. The van der Waals surface area contributed by atoms with Crippen LogP contribution in [0.4, 0.5) is 0 Å². The standard InChI is InChI=1S/C10H16N2O2S/c1-4-9-11-5-8(15-9)10(14)12(3)6-7(2)13/h5,7,13H,4,6H2,1-3H3. The number of nitrogens with zero attached hydrogens (tertiary/aromatic N) is 2. The topological polar surface area (TPSA) is 53.4 Å². The van der Waals surface area contributed by atoms with E-state index in [4.69, 9.17) is 5.11 Å². The highest BCUT2D eigenvalue weighted by Crippen LogP contribution is 2.15. The number of likely N-dealkylation sites (N-methyl/N-ethyl adjacent to an activating group) is 1. The van der Waals surface area contributed by atoms with Crippen molar-refractivity contribution in [3.8, 4) is 0 Å². The number of carbonyl (C=O) groups is 1. The number of hydrogen-bond donors (Lipinski definition) is 1. The molecular weight excluding hydrogens is 212 g/mol. The van der Waals surface area contributed by atoms with E-state index in [0.717, 1.165) is 11.4 Å². The van der Waals surface area contributed by atoms with Crippen molar-refractivity contribution in [1.82, 2.24) is 9.88 Å². The van der Waals surface area contributed by atoms with Crippen LogP contribution in [0.15, 0.2) is 6.20 Å². The fraction of sp³-hybridized carbons (Fsp3) is 0.600. The molecule has 15 heavy (non-hydrogen) atoms. The van der Waals surface area contributed by atoms with Crippen molar-refractivity contribution in [2.24, 2.45) is 0 Å². The summed E-state index contributed by atoms with van der Waals surface area (Å²) in [5, 5.41) is 10.1. The first-order valence-corrected chi connectivity index (χ1v) is 5.74. The summed E-state index contributed by atoms with van der Waals surface area (Å²) in [5.74, 6) is -0.0758. The number of aryl methyl sites for hydroxylation is 1. The van der Waals surface area contributed by atoms with E-state index < -0.39 is 6.10 Å². The van der Waals surface area contributed by atoms with Gasteiger partial charge in [-0.15, -0.1) is 11.3 Å². The molecule has 0 aliphatic rings. The molecule has 1 rings (SSSR count). The number of aliphatic hydroxyl groups is 1. The minimum atomic E-state index is -0.502. The second-order valence-electron chi connectivity index (χ2n) is 3.51. The third kappa shape index (κ3) is 3.28. The minimum absolute atomic E-state index is 0.0758. The zero-order valence-electron chi connectivity index (χ0n) is 9.23. The Balaban J connectivity index is 2.67. The summed E-state index contributed by atoms with van der Waals surface area (Å²) in [4.78, 5) is 18.1. The van der Waals surface area contributed by atoms with Crippen LogP contribution in [0.1, 0.15) is 28.5 Å². The molecule has 1 aromatic heterocycles. The van der Waals surface area contributed by atoms with Gasteiger partial charge in [-0.25, -0.2) is 4.98 Å². The van der Waals surface area contributed by atoms with Gasteiger partial charge >= 0.3 is 0 Å². The Kier molecular flexibility index (Phi) is 4.23. The Morgan fingerprint density at radius 3 is 2.87 bits per heavy atom. The lowest BCUT2D eigenvalue weighted by Crippen LogP contribution is -2.32. The molecule has 1 heterocycles. The minimum Gasteiger partial charge on any atom is -0.392 e. The molecule has 0 bridgehead atoms. The SMILES string of the molecule is CCc1ncc(C(=O)N(C)CC(C)O)s1. The van der Waals surface area contributed by atoms with Gasteiger partial charge in [0.15, 0.2) is 0 Å². The molecular formula is C10H16N2O2S. The predicted molar refractivity (Wildman–Crippen MR) is 60.1 cm³/mol. The molecule has 0 radical (unpaired) electrons. The summed E-state index contributed by atoms with van der Waals surface area (Å²) in [6, 6.07) is 0. The van der Waals surface area contributed by atoms with E-state index in [2.05, 4.69) is 4.98 Å². The summed E-state index contributed by atoms with van der Waals surface area (Å²) in [6.45, 7) is 4.01. The highest BCUT2D eigenvalue weighted by atomic mass is 32.1. The molecule has 1 N–H and O–H groups in total. The molecule has 0 spiro atoms. The number of hydrogen-bond acceptors (Lipinski definition) is 4. The molecule has 1 unspecified atom stereocenters. The zero-order chi connectivity index (χ0) is 11.4. The summed E-state index contributed by atoms with van der Waals surface area (Å²) in [7, 11) is 1.68. The van der Waals surface area contributed by atoms with E-state index in [1.54, 1.807) is 20.2 Å². The predicted octanol–water partition coefficient (Wildman–Crippen LogP) is 1.16. The molecule has 0 saturated heterocycles. The highest BCUT2D eigenvalue weighted by molar-refractivity contribution is 7.13. The molecule has 1 atom stereocenters. The average Bonchev–Trinajstić information content (AvgIpc) is 2.63. The van der Waals surface area contributed by atoms with E-state index >= 15 is 0 Å². The van der Waals surface area contributed by atoms with Crippen LogP contribution in [-0.2, 0) is 6.42 Å². The van der Waals surface area contributed by atoms with Crippen molar-refractivity contribution in [3.05, 3.63) is 16.1 Å². The van der Waals surface area contributed by atoms with Crippen LogP contribution in [0.3, 0.4) is 0 Å². The zero-order valence-corrected chi connectivity index (χ0v) is 10.0. The van der Waals surface area contributed by atoms with Crippen LogP contribution in [0, 0.1) is 0 Å². The molecule has 0 aliphatic heterocycles. The Hall–Kier alpha value is -0.940. The van der Waals surface area contributed by atoms with E-state index in [0.29, 0.717) is 11.4 Å². The lowest BCUT2D eigenvalue weighted by Gasteiger charge is -2.17. The largest absolute Gasteiger partial charge is 0.392 e. The van der Waals surface area contributed by atoms with Crippen LogP contribution in [0.25, 0.3) is 0 Å². The normalized spacial score (nSPS) is 12.5. The number of thiazole rings is 1. The Labute approximate surface area is 93.6 Å². The van der Waals surface area contributed by atoms with Gasteiger partial charge in [-0.2, -0.15) is 0 Å². The maximum Gasteiger partial charge on any atom is 0.265 e. The second-order valence-corrected chi connectivity index (χ2v) is 4.62. The number of carbonyl (C=O) groups excluding carboxylic acids is 1. The van der Waals surface area contributed by atoms with E-state index in [1.165, 1.54) is 16.2 Å². The molecule has 1 aromatic rings. The van der Waals surface area contributed by atoms with Crippen LogP contribution in [0.5, 0.6) is 0 Å². The van der Waals surface area contributed by atoms with Crippen LogP contribution >= 0.6 is 11.3 Å². The first-order chi connectivity index (χ1) is 7.04. The Morgan fingerprint density at radius 1 is 1.73 bits per heavy atom. The number of amides is 1. The number of aliphatic hydroxyl groups excluding tert-OH is 1. The fourth-order valence-corrected chi connectivity index (χ4v) is 2.09. The lowest BCUT2D eigenvalue weighted by molar-refractivity contribution is 0.0708. The monoisotopic (exact) mass is 228 g/mol. The number of aromatic nitrogens is 1. The van der Waals surface area contributed by atoms with Crippen LogP contribution in [-0.4, -0.2) is 40.6 Å². The molecule has 4 nitrogen and oxygen atoms in total. The Bertz CT molecular complexity index is 336. The quantitative estimate of drug-likeness (QED) is 0.841. The van der Waals surface area contributed by atoms with Crippen molar-refractivity contribution in [3.63, 3.8) is 0 Å². The maximum absolute atomic E-state index is 11.8. The molecule has 5 heteroatoms. The molecule has 0 saturated carbocycles. The number of rotatable bonds is 4. The van der Waals surface area contributed by atoms with Crippen molar-refractivity contribution >= 4 is 17.2 Å². The van der Waals surface area contributed by atoms with E-state index in [-0.39, 0.29) is 5.91 Å². The summed E-state index contributed by atoms with van der Waals surface area (Å²) in [5.41, 5.74) is 0. The van der Waals surface area contributed by atoms with Crippen molar-refractivity contribution in [2.75, 3.05) is 13.6 Å². The van der Waals surface area contributed by atoms with Gasteiger partial charge in [-0.3, -0.25) is 4.79 Å². The van der Waals surface area contributed by atoms with Crippen molar-refractivity contribution in [1.29, 1.82) is 0 Å². The van der Waals surface area contributed by atoms with Gasteiger partial charge < -0.3 is 10.0 Å². The highest BCUT2D eigenvalue weighted by Gasteiger charge is 2.15. The summed E-state index contributed by atoms with van der Waals surface area (Å²) >= 11 is 1.41. The second kappa shape index (κ2) is 5.23. The smallest absolute Gasteiger partial charge is 0.265 e. The summed E-state index contributed by atoms with van der Waals surface area (Å²) < 4.78 is 0. The van der Waals surface area contributed by atoms with Gasteiger partial charge in [0.25, 0.3) is 5.91 Å². The van der Waals surface area contributed by atoms with Crippen LogP contribution < -0.4 is 0 Å². The molecule has 1 amide bonds. The molecule has 0 fully saturated rings. The van der Waals surface area contributed by atoms with Crippen molar-refractivity contribution < 1.29 is 9.90 Å². The van der Waals surface area contributed by atoms with Gasteiger partial charge in [-0.1, -0.05) is 6.92 Å². The van der Waals surface area contributed by atoms with Crippen LogP contribution in [0.2, 0.25) is 0 Å². The third-order valence-corrected chi connectivity index (χ3v) is 3.08. The fourth-order valence-electron chi connectivity index (χ4n) is 1.24. The van der Waals surface area contributed by atoms with Gasteiger partial charge in [0.05, 0.1) is 17.3 Å².